The molecule has 0 spiro atoms. The fourth-order valence-corrected chi connectivity index (χ4v) is 4.32. The van der Waals surface area contributed by atoms with Crippen molar-refractivity contribution >= 4 is 23.2 Å². The third-order valence-electron chi connectivity index (χ3n) is 5.22. The smallest absolute Gasteiger partial charge is 0.287 e. The van der Waals surface area contributed by atoms with Crippen molar-refractivity contribution in [3.05, 3.63) is 69.4 Å². The molecule has 1 aliphatic heterocycles. The fraction of sp³-hybridized carbons (Fsp3) is 0.348. The summed E-state index contributed by atoms with van der Waals surface area (Å²) in [4.78, 5) is 29.9. The Morgan fingerprint density at radius 2 is 2.19 bits per heavy atom. The second-order valence-electron chi connectivity index (χ2n) is 7.51. The number of nitrogens with one attached hydrogen (secondary N) is 1. The molecule has 1 saturated heterocycles. The van der Waals surface area contributed by atoms with Gasteiger partial charge in [-0.05, 0) is 50.1 Å². The number of ether oxygens (including phenoxy) is 2. The number of benzene rings is 1. The second kappa shape index (κ2) is 9.97. The van der Waals surface area contributed by atoms with Crippen molar-refractivity contribution in [2.45, 2.75) is 32.4 Å². The van der Waals surface area contributed by atoms with Gasteiger partial charge in [0.15, 0.2) is 10.6 Å². The van der Waals surface area contributed by atoms with Gasteiger partial charge in [-0.25, -0.2) is 0 Å². The Morgan fingerprint density at radius 3 is 2.97 bits per heavy atom. The van der Waals surface area contributed by atoms with Crippen LogP contribution in [0, 0.1) is 6.92 Å². The van der Waals surface area contributed by atoms with Crippen molar-refractivity contribution in [3.63, 3.8) is 0 Å². The molecule has 4 rings (SSSR count). The topological polar surface area (TPSA) is 95.1 Å². The lowest BCUT2D eigenvalue weighted by Crippen LogP contribution is -2.31. The number of hydrogen-bond donors (Lipinski definition) is 1. The van der Waals surface area contributed by atoms with E-state index in [0.29, 0.717) is 35.0 Å². The molecule has 1 N–H and O–H groups in total. The number of carbonyl (C=O) groups excluding carboxylic acids is 2. The Hall–Kier alpha value is -3.17. The van der Waals surface area contributed by atoms with Crippen LogP contribution in [0.25, 0.3) is 0 Å². The number of amides is 2. The number of hydrogen-bond acceptors (Lipinski definition) is 6. The molecule has 3 heterocycles. The highest BCUT2D eigenvalue weighted by molar-refractivity contribution is 7.07. The third kappa shape index (κ3) is 5.17. The molecule has 3 aromatic rings. The van der Waals surface area contributed by atoms with E-state index < -0.39 is 0 Å². The highest BCUT2D eigenvalue weighted by atomic mass is 32.1. The predicted molar refractivity (Wildman–Crippen MR) is 119 cm³/mol. The molecule has 1 atom stereocenters. The summed E-state index contributed by atoms with van der Waals surface area (Å²) in [6.45, 7) is 3.52. The summed E-state index contributed by atoms with van der Waals surface area (Å²) in [7, 11) is 1.55. The van der Waals surface area contributed by atoms with E-state index in [1.54, 1.807) is 43.5 Å². The van der Waals surface area contributed by atoms with E-state index in [2.05, 4.69) is 10.3 Å². The van der Waals surface area contributed by atoms with Gasteiger partial charge in [0.25, 0.3) is 11.8 Å². The number of carbonyl (C=O) groups is 2. The van der Waals surface area contributed by atoms with Crippen LogP contribution < -0.4 is 14.9 Å². The molecule has 1 fully saturated rings. The van der Waals surface area contributed by atoms with Crippen molar-refractivity contribution in [1.82, 2.24) is 9.88 Å². The summed E-state index contributed by atoms with van der Waals surface area (Å²) in [6, 6.07) is 10.3. The average molecular weight is 456 g/mol. The van der Waals surface area contributed by atoms with Crippen molar-refractivity contribution in [1.29, 1.82) is 0 Å². The molecule has 0 aliphatic carbocycles. The van der Waals surface area contributed by atoms with Crippen molar-refractivity contribution in [2.75, 3.05) is 20.3 Å². The van der Waals surface area contributed by atoms with Gasteiger partial charge < -0.3 is 23.8 Å². The molecule has 1 aliphatic rings. The van der Waals surface area contributed by atoms with Gasteiger partial charge in [0.05, 0.1) is 19.8 Å². The average Bonchev–Trinajstić information content (AvgIpc) is 3.56. The Kier molecular flexibility index (Phi) is 6.87. The first-order valence-electron chi connectivity index (χ1n) is 10.4. The van der Waals surface area contributed by atoms with E-state index in [1.165, 1.54) is 11.3 Å². The third-order valence-corrected chi connectivity index (χ3v) is 6.20. The molecule has 0 saturated carbocycles. The quantitative estimate of drug-likeness (QED) is 0.591. The Bertz CT molecular complexity index is 1170. The van der Waals surface area contributed by atoms with Crippen LogP contribution in [0.3, 0.4) is 0 Å². The first-order chi connectivity index (χ1) is 15.5. The molecule has 1 aromatic carbocycles. The SMILES string of the molecule is COc1cccc(C(=O)N=c2scc(C)n2Cc2ccc(C(=O)NC[C@H]3CCCO3)o2)c1. The summed E-state index contributed by atoms with van der Waals surface area (Å²) in [6.07, 6.45) is 2.05. The lowest BCUT2D eigenvalue weighted by Gasteiger charge is -2.09. The first-order valence-corrected chi connectivity index (χ1v) is 11.3. The Balaban J connectivity index is 1.47. The second-order valence-corrected chi connectivity index (χ2v) is 8.34. The maximum atomic E-state index is 12.7. The van der Waals surface area contributed by atoms with Crippen LogP contribution in [0.5, 0.6) is 5.75 Å². The minimum atomic E-state index is -0.354. The van der Waals surface area contributed by atoms with Crippen LogP contribution in [-0.2, 0) is 11.3 Å². The number of furan rings is 1. The van der Waals surface area contributed by atoms with Crippen molar-refractivity contribution < 1.29 is 23.5 Å². The van der Waals surface area contributed by atoms with Crippen molar-refractivity contribution in [2.24, 2.45) is 4.99 Å². The van der Waals surface area contributed by atoms with Gasteiger partial charge in [-0.3, -0.25) is 9.59 Å². The Morgan fingerprint density at radius 1 is 1.31 bits per heavy atom. The van der Waals surface area contributed by atoms with Gasteiger partial charge in [0, 0.05) is 29.8 Å². The Labute approximate surface area is 189 Å². The number of nitrogens with zero attached hydrogens (tertiary/aromatic N) is 2. The lowest BCUT2D eigenvalue weighted by atomic mass is 10.2. The molecule has 0 bridgehead atoms. The number of aromatic nitrogens is 1. The molecular weight excluding hydrogens is 430 g/mol. The van der Waals surface area contributed by atoms with Gasteiger partial charge in [-0.15, -0.1) is 11.3 Å². The van der Waals surface area contributed by atoms with Gasteiger partial charge in [-0.1, -0.05) is 6.07 Å². The summed E-state index contributed by atoms with van der Waals surface area (Å²) in [5, 5.41) is 4.78. The largest absolute Gasteiger partial charge is 0.497 e. The highest BCUT2D eigenvalue weighted by Crippen LogP contribution is 2.15. The van der Waals surface area contributed by atoms with Crippen LogP contribution in [0.4, 0.5) is 0 Å². The molecule has 9 heteroatoms. The molecule has 32 heavy (non-hydrogen) atoms. The van der Waals surface area contributed by atoms with E-state index in [-0.39, 0.29) is 23.7 Å². The summed E-state index contributed by atoms with van der Waals surface area (Å²) in [5.41, 5.74) is 1.39. The maximum Gasteiger partial charge on any atom is 0.287 e. The zero-order chi connectivity index (χ0) is 22.5. The number of methoxy groups -OCH3 is 1. The summed E-state index contributed by atoms with van der Waals surface area (Å²) >= 11 is 1.37. The summed E-state index contributed by atoms with van der Waals surface area (Å²) < 4.78 is 18.3. The van der Waals surface area contributed by atoms with Gasteiger partial charge in [0.2, 0.25) is 0 Å². The number of rotatable bonds is 7. The lowest BCUT2D eigenvalue weighted by molar-refractivity contribution is 0.0833. The molecule has 0 unspecified atom stereocenters. The zero-order valence-corrected chi connectivity index (χ0v) is 18.8. The van der Waals surface area contributed by atoms with Crippen LogP contribution >= 0.6 is 11.3 Å². The predicted octanol–water partition coefficient (Wildman–Crippen LogP) is 3.16. The number of thiazole rings is 1. The maximum absolute atomic E-state index is 12.7. The van der Waals surface area contributed by atoms with Gasteiger partial charge in [0.1, 0.15) is 11.5 Å². The molecule has 0 radical (unpaired) electrons. The molecule has 2 amide bonds. The van der Waals surface area contributed by atoms with E-state index in [4.69, 9.17) is 13.9 Å². The minimum absolute atomic E-state index is 0.0729. The summed E-state index contributed by atoms with van der Waals surface area (Å²) in [5.74, 6) is 0.827. The van der Waals surface area contributed by atoms with Gasteiger partial charge >= 0.3 is 0 Å². The van der Waals surface area contributed by atoms with E-state index >= 15 is 0 Å². The van der Waals surface area contributed by atoms with E-state index in [1.807, 2.05) is 16.9 Å². The molecule has 2 aromatic heterocycles. The monoisotopic (exact) mass is 455 g/mol. The zero-order valence-electron chi connectivity index (χ0n) is 18.0. The highest BCUT2D eigenvalue weighted by Gasteiger charge is 2.18. The van der Waals surface area contributed by atoms with E-state index in [0.717, 1.165) is 25.1 Å². The van der Waals surface area contributed by atoms with Crippen molar-refractivity contribution in [3.8, 4) is 5.75 Å². The van der Waals surface area contributed by atoms with E-state index in [9.17, 15) is 9.59 Å². The van der Waals surface area contributed by atoms with Gasteiger partial charge in [-0.2, -0.15) is 4.99 Å². The molecular formula is C23H25N3O5S. The fourth-order valence-electron chi connectivity index (χ4n) is 3.44. The van der Waals surface area contributed by atoms with Crippen LogP contribution in [0.15, 0.2) is 51.2 Å². The first kappa shape index (κ1) is 22.0. The van der Waals surface area contributed by atoms with Crippen LogP contribution in [0.2, 0.25) is 0 Å². The minimum Gasteiger partial charge on any atom is -0.497 e. The van der Waals surface area contributed by atoms with Crippen LogP contribution in [-0.4, -0.2) is 42.7 Å². The standard InChI is InChI=1S/C23H25N3O5S/c1-15-14-32-23(25-21(27)16-5-3-6-17(11-16)29-2)26(15)13-19-8-9-20(31-19)22(28)24-12-18-7-4-10-30-18/h3,5-6,8-9,11,14,18H,4,7,10,12-13H2,1-2H3,(H,24,28)/t18-/m1/s1. The molecule has 8 nitrogen and oxygen atoms in total. The van der Waals surface area contributed by atoms with Crippen LogP contribution in [0.1, 0.15) is 45.2 Å². The number of aryl methyl sites for hydroxylation is 1. The normalized spacial score (nSPS) is 16.3. The molecule has 168 valence electrons.